The minimum Gasteiger partial charge on any atom is -0.356 e. The molecule has 2 aromatic rings. The quantitative estimate of drug-likeness (QED) is 0.809. The van der Waals surface area contributed by atoms with Crippen LogP contribution in [0.4, 0.5) is 0 Å². The Morgan fingerprint density at radius 2 is 1.85 bits per heavy atom. The van der Waals surface area contributed by atoms with Crippen LogP contribution in [0.25, 0.3) is 10.9 Å². The molecule has 4 rings (SSSR count). The van der Waals surface area contributed by atoms with Crippen LogP contribution in [0, 0.1) is 11.8 Å². The monoisotopic (exact) mass is 354 g/mol. The molecule has 1 saturated heterocycles. The number of rotatable bonds is 6. The van der Waals surface area contributed by atoms with Gasteiger partial charge in [-0.2, -0.15) is 5.10 Å². The van der Waals surface area contributed by atoms with E-state index in [4.69, 9.17) is 0 Å². The van der Waals surface area contributed by atoms with E-state index in [9.17, 15) is 9.59 Å². The van der Waals surface area contributed by atoms with Gasteiger partial charge in [-0.3, -0.25) is 14.3 Å². The fraction of sp³-hybridized carbons (Fsp3) is 0.550. The van der Waals surface area contributed by atoms with Gasteiger partial charge in [0, 0.05) is 43.4 Å². The number of aryl methyl sites for hydroxylation is 1. The molecule has 0 unspecified atom stereocenters. The van der Waals surface area contributed by atoms with Crippen LogP contribution in [0.15, 0.2) is 30.5 Å². The Balaban J connectivity index is 1.18. The first-order valence-corrected chi connectivity index (χ1v) is 9.69. The maximum absolute atomic E-state index is 12.4. The van der Waals surface area contributed by atoms with Gasteiger partial charge in [-0.05, 0) is 38.2 Å². The summed E-state index contributed by atoms with van der Waals surface area (Å²) in [6, 6.07) is 8.15. The van der Waals surface area contributed by atoms with Crippen LogP contribution in [0.3, 0.4) is 0 Å². The molecule has 1 aliphatic heterocycles. The number of nitrogens with one attached hydrogen (secondary N) is 1. The summed E-state index contributed by atoms with van der Waals surface area (Å²) < 4.78 is 1.99. The zero-order valence-electron chi connectivity index (χ0n) is 15.1. The van der Waals surface area contributed by atoms with E-state index < -0.39 is 0 Å². The molecule has 6 heteroatoms. The Hall–Kier alpha value is -2.37. The van der Waals surface area contributed by atoms with Gasteiger partial charge in [0.2, 0.25) is 11.8 Å². The molecule has 1 aliphatic carbocycles. The molecule has 2 fully saturated rings. The van der Waals surface area contributed by atoms with Crippen molar-refractivity contribution in [3.63, 3.8) is 0 Å². The molecule has 0 spiro atoms. The number of piperidine rings is 1. The summed E-state index contributed by atoms with van der Waals surface area (Å²) >= 11 is 0. The van der Waals surface area contributed by atoms with Gasteiger partial charge in [0.15, 0.2) is 0 Å². The fourth-order valence-electron chi connectivity index (χ4n) is 3.74. The molecule has 2 aliphatic rings. The summed E-state index contributed by atoms with van der Waals surface area (Å²) in [6.45, 7) is 2.91. The fourth-order valence-corrected chi connectivity index (χ4v) is 3.74. The predicted octanol–water partition coefficient (Wildman–Crippen LogP) is 2.19. The van der Waals surface area contributed by atoms with Gasteiger partial charge < -0.3 is 10.2 Å². The van der Waals surface area contributed by atoms with Gasteiger partial charge in [0.1, 0.15) is 0 Å². The Morgan fingerprint density at radius 1 is 1.08 bits per heavy atom. The highest BCUT2D eigenvalue weighted by Crippen LogP contribution is 2.32. The van der Waals surface area contributed by atoms with Crippen molar-refractivity contribution in [1.82, 2.24) is 20.0 Å². The number of amides is 2. The van der Waals surface area contributed by atoms with Crippen molar-refractivity contribution in [1.29, 1.82) is 0 Å². The lowest BCUT2D eigenvalue weighted by Crippen LogP contribution is -2.43. The van der Waals surface area contributed by atoms with Gasteiger partial charge in [-0.25, -0.2) is 0 Å². The topological polar surface area (TPSA) is 67.2 Å². The molecule has 138 valence electrons. The number of likely N-dealkylation sites (tertiary alicyclic amines) is 1. The van der Waals surface area contributed by atoms with E-state index in [1.54, 1.807) is 0 Å². The minimum absolute atomic E-state index is 0.0452. The predicted molar refractivity (Wildman–Crippen MR) is 99.4 cm³/mol. The van der Waals surface area contributed by atoms with Crippen molar-refractivity contribution in [3.8, 4) is 0 Å². The van der Waals surface area contributed by atoms with E-state index >= 15 is 0 Å². The van der Waals surface area contributed by atoms with Crippen molar-refractivity contribution in [2.24, 2.45) is 11.8 Å². The van der Waals surface area contributed by atoms with Crippen molar-refractivity contribution in [3.05, 3.63) is 30.5 Å². The summed E-state index contributed by atoms with van der Waals surface area (Å²) in [5.74, 6) is 0.756. The summed E-state index contributed by atoms with van der Waals surface area (Å²) in [6.07, 6.45) is 6.40. The number of hydrogen-bond acceptors (Lipinski definition) is 3. The first-order chi connectivity index (χ1) is 12.7. The number of carbonyl (C=O) groups is 2. The first-order valence-electron chi connectivity index (χ1n) is 9.69. The molecule has 0 atom stereocenters. The average Bonchev–Trinajstić information content (AvgIpc) is 3.45. The van der Waals surface area contributed by atoms with E-state index in [-0.39, 0.29) is 17.7 Å². The van der Waals surface area contributed by atoms with Crippen LogP contribution in [-0.2, 0) is 16.1 Å². The van der Waals surface area contributed by atoms with E-state index in [1.165, 1.54) is 0 Å². The summed E-state index contributed by atoms with van der Waals surface area (Å²) in [5.41, 5.74) is 1.13. The van der Waals surface area contributed by atoms with E-state index in [1.807, 2.05) is 27.9 Å². The van der Waals surface area contributed by atoms with E-state index in [0.29, 0.717) is 12.5 Å². The molecular weight excluding hydrogens is 328 g/mol. The Labute approximate surface area is 153 Å². The van der Waals surface area contributed by atoms with E-state index in [2.05, 4.69) is 22.5 Å². The Bertz CT molecular complexity index is 788. The van der Waals surface area contributed by atoms with Gasteiger partial charge in [-0.15, -0.1) is 0 Å². The number of carbonyl (C=O) groups excluding carboxylic acids is 2. The van der Waals surface area contributed by atoms with Crippen LogP contribution in [0.1, 0.15) is 32.1 Å². The molecule has 0 bridgehead atoms. The van der Waals surface area contributed by atoms with Crippen LogP contribution >= 0.6 is 0 Å². The van der Waals surface area contributed by atoms with Crippen LogP contribution in [0.5, 0.6) is 0 Å². The van der Waals surface area contributed by atoms with Crippen molar-refractivity contribution < 1.29 is 9.59 Å². The largest absolute Gasteiger partial charge is 0.356 e. The third-order valence-electron chi connectivity index (χ3n) is 5.50. The van der Waals surface area contributed by atoms with Crippen LogP contribution in [-0.4, -0.2) is 46.1 Å². The Kier molecular flexibility index (Phi) is 4.91. The van der Waals surface area contributed by atoms with Crippen LogP contribution < -0.4 is 5.32 Å². The molecule has 1 aromatic carbocycles. The highest BCUT2D eigenvalue weighted by Gasteiger charge is 2.35. The average molecular weight is 354 g/mol. The minimum atomic E-state index is 0.0452. The van der Waals surface area contributed by atoms with Crippen molar-refractivity contribution in [2.75, 3.05) is 19.6 Å². The summed E-state index contributed by atoms with van der Waals surface area (Å²) in [7, 11) is 0. The molecule has 2 heterocycles. The van der Waals surface area contributed by atoms with Crippen LogP contribution in [0.2, 0.25) is 0 Å². The van der Waals surface area contributed by atoms with Gasteiger partial charge >= 0.3 is 0 Å². The Morgan fingerprint density at radius 3 is 2.62 bits per heavy atom. The SMILES string of the molecule is O=C(NCCCn1ncc2ccccc21)C1CCN(C(=O)C2CC2)CC1. The third kappa shape index (κ3) is 3.74. The van der Waals surface area contributed by atoms with Crippen molar-refractivity contribution >= 4 is 22.7 Å². The van der Waals surface area contributed by atoms with Gasteiger partial charge in [-0.1, -0.05) is 18.2 Å². The molecule has 1 N–H and O–H groups in total. The molecule has 0 radical (unpaired) electrons. The standard InChI is InChI=1S/C20H26N4O2/c25-19(15-8-12-23(13-9-15)20(26)16-6-7-16)21-10-3-11-24-18-5-2-1-4-17(18)14-22-24/h1-2,4-5,14-16H,3,6-13H2,(H,21,25). The number of hydrogen-bond donors (Lipinski definition) is 1. The number of fused-ring (bicyclic) bond motifs is 1. The summed E-state index contributed by atoms with van der Waals surface area (Å²) in [4.78, 5) is 26.4. The maximum atomic E-state index is 12.4. The second-order valence-corrected chi connectivity index (χ2v) is 7.44. The molecule has 26 heavy (non-hydrogen) atoms. The highest BCUT2D eigenvalue weighted by atomic mass is 16.2. The number of nitrogens with zero attached hydrogens (tertiary/aromatic N) is 3. The third-order valence-corrected chi connectivity index (χ3v) is 5.50. The lowest BCUT2D eigenvalue weighted by atomic mass is 9.95. The number of benzene rings is 1. The molecular formula is C20H26N4O2. The second-order valence-electron chi connectivity index (χ2n) is 7.44. The second kappa shape index (κ2) is 7.48. The zero-order chi connectivity index (χ0) is 17.9. The molecule has 6 nitrogen and oxygen atoms in total. The lowest BCUT2D eigenvalue weighted by Gasteiger charge is -2.31. The molecule has 2 amide bonds. The van der Waals surface area contributed by atoms with E-state index in [0.717, 1.165) is 62.6 Å². The number of aromatic nitrogens is 2. The van der Waals surface area contributed by atoms with Crippen molar-refractivity contribution in [2.45, 2.75) is 38.6 Å². The summed E-state index contributed by atoms with van der Waals surface area (Å²) in [5, 5.41) is 8.61. The lowest BCUT2D eigenvalue weighted by molar-refractivity contribution is -0.136. The molecule has 1 aromatic heterocycles. The highest BCUT2D eigenvalue weighted by molar-refractivity contribution is 5.82. The first kappa shape index (κ1) is 17.1. The smallest absolute Gasteiger partial charge is 0.225 e. The van der Waals surface area contributed by atoms with Gasteiger partial charge in [0.05, 0.1) is 11.7 Å². The normalized spacial score (nSPS) is 18.2. The number of para-hydroxylation sites is 1. The zero-order valence-corrected chi connectivity index (χ0v) is 15.1. The molecule has 1 saturated carbocycles. The maximum Gasteiger partial charge on any atom is 0.225 e. The van der Waals surface area contributed by atoms with Gasteiger partial charge in [0.25, 0.3) is 0 Å².